The second-order valence-corrected chi connectivity index (χ2v) is 9.43. The molecule has 1 amide bonds. The van der Waals surface area contributed by atoms with Gasteiger partial charge in [0.15, 0.2) is 0 Å². The number of benzene rings is 2. The lowest BCUT2D eigenvalue weighted by molar-refractivity contribution is -0.131. The number of anilines is 1. The summed E-state index contributed by atoms with van der Waals surface area (Å²) < 4.78 is 0. The Hall–Kier alpha value is -3.52. The van der Waals surface area contributed by atoms with Crippen molar-refractivity contribution >= 4 is 35.1 Å². The Morgan fingerprint density at radius 2 is 1.65 bits per heavy atom. The first kappa shape index (κ1) is 23.6. The molecule has 1 aliphatic heterocycles. The molecular weight excluding hydrogens is 466 g/mol. The lowest BCUT2D eigenvalue weighted by Gasteiger charge is -2.30. The highest BCUT2D eigenvalue weighted by Crippen LogP contribution is 2.43. The fraction of sp³-hybridized carbons (Fsp3) is 0.231. The number of nitriles is 2. The van der Waals surface area contributed by atoms with E-state index in [4.69, 9.17) is 17.3 Å². The van der Waals surface area contributed by atoms with Crippen molar-refractivity contribution < 1.29 is 4.79 Å². The number of hydrogen-bond acceptors (Lipinski definition) is 6. The van der Waals surface area contributed by atoms with Crippen LogP contribution in [-0.2, 0) is 4.79 Å². The second kappa shape index (κ2) is 10.6. The van der Waals surface area contributed by atoms with E-state index in [-0.39, 0.29) is 22.9 Å². The van der Waals surface area contributed by atoms with Crippen LogP contribution in [0.4, 0.5) is 5.82 Å². The first-order valence-corrected chi connectivity index (χ1v) is 12.2. The molecule has 1 unspecified atom stereocenters. The predicted octanol–water partition coefficient (Wildman–Crippen LogP) is 5.57. The Morgan fingerprint density at radius 3 is 2.29 bits per heavy atom. The average molecular weight is 488 g/mol. The van der Waals surface area contributed by atoms with Crippen molar-refractivity contribution in [3.8, 4) is 23.3 Å². The lowest BCUT2D eigenvalue weighted by atomic mass is 9.97. The van der Waals surface area contributed by atoms with Crippen LogP contribution in [0, 0.1) is 22.7 Å². The number of rotatable bonds is 5. The summed E-state index contributed by atoms with van der Waals surface area (Å²) in [4.78, 5) is 19.9. The number of nitrogens with zero attached hydrogens (tertiary/aromatic N) is 4. The van der Waals surface area contributed by atoms with Crippen molar-refractivity contribution in [1.29, 1.82) is 10.5 Å². The van der Waals surface area contributed by atoms with Gasteiger partial charge in [-0.1, -0.05) is 71.9 Å². The number of likely N-dealkylation sites (tertiary alicyclic amines) is 1. The molecule has 4 rings (SSSR count). The molecule has 0 radical (unpaired) electrons. The van der Waals surface area contributed by atoms with Crippen molar-refractivity contribution in [2.24, 2.45) is 0 Å². The summed E-state index contributed by atoms with van der Waals surface area (Å²) in [5.41, 5.74) is 8.12. The van der Waals surface area contributed by atoms with Crippen molar-refractivity contribution in [3.05, 3.63) is 76.3 Å². The maximum atomic E-state index is 13.6. The molecule has 2 N–H and O–H groups in total. The molecule has 0 saturated carbocycles. The first-order valence-electron chi connectivity index (χ1n) is 10.9. The number of hydrogen-bond donors (Lipinski definition) is 1. The zero-order valence-corrected chi connectivity index (χ0v) is 19.9. The Bertz CT molecular complexity index is 1290. The first-order chi connectivity index (χ1) is 16.5. The molecule has 0 aliphatic carbocycles. The van der Waals surface area contributed by atoms with E-state index >= 15 is 0 Å². The second-order valence-electron chi connectivity index (χ2n) is 7.93. The highest BCUT2D eigenvalue weighted by molar-refractivity contribution is 8.00. The zero-order chi connectivity index (χ0) is 24.1. The molecule has 1 aliphatic rings. The third-order valence-electron chi connectivity index (χ3n) is 5.78. The molecule has 170 valence electrons. The Morgan fingerprint density at radius 1 is 1.00 bits per heavy atom. The van der Waals surface area contributed by atoms with E-state index in [1.54, 1.807) is 24.3 Å². The van der Waals surface area contributed by atoms with Gasteiger partial charge in [-0.15, -0.1) is 0 Å². The molecule has 8 heteroatoms. The fourth-order valence-electron chi connectivity index (χ4n) is 4.10. The number of nitrogen functional groups attached to an aromatic ring is 1. The van der Waals surface area contributed by atoms with E-state index in [1.165, 1.54) is 11.8 Å². The monoisotopic (exact) mass is 487 g/mol. The molecular formula is C26H22ClN5OS. The Balaban J connectivity index is 1.85. The van der Waals surface area contributed by atoms with Crippen LogP contribution in [0.25, 0.3) is 11.1 Å². The number of halogens is 1. The predicted molar refractivity (Wildman–Crippen MR) is 134 cm³/mol. The van der Waals surface area contributed by atoms with Crippen molar-refractivity contribution in [2.75, 3.05) is 18.8 Å². The van der Waals surface area contributed by atoms with Gasteiger partial charge in [-0.2, -0.15) is 10.5 Å². The third-order valence-corrected chi connectivity index (χ3v) is 7.34. The molecule has 1 aromatic heterocycles. The quantitative estimate of drug-likeness (QED) is 0.471. The number of thioether (sulfide) groups is 1. The van der Waals surface area contributed by atoms with Crippen LogP contribution in [-0.4, -0.2) is 28.9 Å². The summed E-state index contributed by atoms with van der Waals surface area (Å²) in [6, 6.07) is 20.7. The number of piperidine rings is 1. The molecule has 1 saturated heterocycles. The largest absolute Gasteiger partial charge is 0.383 e. The van der Waals surface area contributed by atoms with E-state index in [0.717, 1.165) is 24.8 Å². The van der Waals surface area contributed by atoms with Crippen molar-refractivity contribution in [1.82, 2.24) is 9.88 Å². The van der Waals surface area contributed by atoms with Crippen molar-refractivity contribution in [2.45, 2.75) is 29.5 Å². The standard InChI is InChI=1S/C26H22ClN5OS/c27-21-12-6-5-11-18(21)22-19(15-28)24(30)31-25(20(22)16-29)34-23(17-9-3-1-4-10-17)26(33)32-13-7-2-8-14-32/h1,3-6,9-12,23H,2,7-8,13-14H2,(H2,30,31). The van der Waals surface area contributed by atoms with E-state index in [0.29, 0.717) is 34.3 Å². The van der Waals surface area contributed by atoms with Crippen LogP contribution in [0.1, 0.15) is 41.2 Å². The van der Waals surface area contributed by atoms with Gasteiger partial charge >= 0.3 is 0 Å². The maximum absolute atomic E-state index is 13.6. The summed E-state index contributed by atoms with van der Waals surface area (Å²) >= 11 is 7.61. The summed E-state index contributed by atoms with van der Waals surface area (Å²) in [6.45, 7) is 1.42. The van der Waals surface area contributed by atoms with Crippen LogP contribution >= 0.6 is 23.4 Å². The normalized spacial score (nSPS) is 14.1. The van der Waals surface area contributed by atoms with E-state index in [2.05, 4.69) is 17.1 Å². The number of carbonyl (C=O) groups is 1. The minimum Gasteiger partial charge on any atom is -0.383 e. The third kappa shape index (κ3) is 4.72. The molecule has 3 aromatic rings. The SMILES string of the molecule is N#Cc1c(N)nc(SC(C(=O)N2CCCCC2)c2ccccc2)c(C#N)c1-c1ccccc1Cl. The van der Waals surface area contributed by atoms with Crippen LogP contribution in [0.15, 0.2) is 59.6 Å². The van der Waals surface area contributed by atoms with Gasteiger partial charge in [0.1, 0.15) is 33.8 Å². The minimum absolute atomic E-state index is 0.00356. The van der Waals surface area contributed by atoms with Crippen LogP contribution in [0.2, 0.25) is 5.02 Å². The highest BCUT2D eigenvalue weighted by Gasteiger charge is 2.31. The number of nitrogens with two attached hydrogens (primary N) is 1. The van der Waals surface area contributed by atoms with E-state index < -0.39 is 5.25 Å². The summed E-state index contributed by atoms with van der Waals surface area (Å²) in [5.74, 6) is -0.0278. The Labute approximate surface area is 208 Å². The van der Waals surface area contributed by atoms with E-state index in [1.807, 2.05) is 35.2 Å². The molecule has 6 nitrogen and oxygen atoms in total. The molecule has 0 spiro atoms. The van der Waals surface area contributed by atoms with Gasteiger partial charge in [0.05, 0.1) is 5.56 Å². The molecule has 0 bridgehead atoms. The number of pyridine rings is 1. The van der Waals surface area contributed by atoms with Gasteiger partial charge in [0.25, 0.3) is 0 Å². The van der Waals surface area contributed by atoms with E-state index in [9.17, 15) is 15.3 Å². The fourth-order valence-corrected chi connectivity index (χ4v) is 5.51. The van der Waals surface area contributed by atoms with Crippen LogP contribution in [0.3, 0.4) is 0 Å². The van der Waals surface area contributed by atoms with Crippen LogP contribution < -0.4 is 5.73 Å². The average Bonchev–Trinajstić information content (AvgIpc) is 2.88. The molecule has 2 heterocycles. The zero-order valence-electron chi connectivity index (χ0n) is 18.4. The molecule has 1 atom stereocenters. The van der Waals surface area contributed by atoms with Gasteiger partial charge in [-0.25, -0.2) is 4.98 Å². The van der Waals surface area contributed by atoms with Gasteiger partial charge < -0.3 is 10.6 Å². The lowest BCUT2D eigenvalue weighted by Crippen LogP contribution is -2.38. The summed E-state index contributed by atoms with van der Waals surface area (Å²) in [6.07, 6.45) is 3.06. The topological polar surface area (TPSA) is 107 Å². The molecule has 34 heavy (non-hydrogen) atoms. The van der Waals surface area contributed by atoms with Gasteiger partial charge in [0, 0.05) is 29.2 Å². The summed E-state index contributed by atoms with van der Waals surface area (Å²) in [5, 5.41) is 20.0. The van der Waals surface area contributed by atoms with Gasteiger partial charge in [-0.05, 0) is 30.9 Å². The minimum atomic E-state index is -0.606. The number of amides is 1. The van der Waals surface area contributed by atoms with Crippen LogP contribution in [0.5, 0.6) is 0 Å². The Kier molecular flexibility index (Phi) is 7.37. The number of aromatic nitrogens is 1. The summed E-state index contributed by atoms with van der Waals surface area (Å²) in [7, 11) is 0. The van der Waals surface area contributed by atoms with Crippen molar-refractivity contribution in [3.63, 3.8) is 0 Å². The maximum Gasteiger partial charge on any atom is 0.240 e. The molecule has 2 aromatic carbocycles. The molecule has 1 fully saturated rings. The van der Waals surface area contributed by atoms with Gasteiger partial charge in [0.2, 0.25) is 5.91 Å². The highest BCUT2D eigenvalue weighted by atomic mass is 35.5. The number of carbonyl (C=O) groups excluding carboxylic acids is 1. The van der Waals surface area contributed by atoms with Gasteiger partial charge in [-0.3, -0.25) is 4.79 Å². The smallest absolute Gasteiger partial charge is 0.240 e.